The lowest BCUT2D eigenvalue weighted by molar-refractivity contribution is -0.128. The number of ether oxygens (including phenoxy) is 1. The van der Waals surface area contributed by atoms with Gasteiger partial charge in [0.05, 0.1) is 12.0 Å². The molecule has 0 unspecified atom stereocenters. The van der Waals surface area contributed by atoms with Crippen LogP contribution >= 0.6 is 0 Å². The SMILES string of the molecule is COc1ccc(S(=O)(=O)N2C(=O)CC[C@H]2C(=O)Nc2cc(C)cc(C)c2)cc1C. The van der Waals surface area contributed by atoms with Gasteiger partial charge in [0, 0.05) is 12.1 Å². The minimum Gasteiger partial charge on any atom is -0.496 e. The molecular weight excluding hydrogens is 392 g/mol. The normalized spacial score (nSPS) is 16.8. The van der Waals surface area contributed by atoms with Gasteiger partial charge in [-0.15, -0.1) is 0 Å². The lowest BCUT2D eigenvalue weighted by Gasteiger charge is -2.24. The average Bonchev–Trinajstić information content (AvgIpc) is 3.03. The molecule has 2 aromatic rings. The number of carbonyl (C=O) groups excluding carboxylic acids is 2. The maximum absolute atomic E-state index is 13.2. The molecule has 0 aliphatic carbocycles. The molecule has 0 radical (unpaired) electrons. The van der Waals surface area contributed by atoms with Gasteiger partial charge in [0.2, 0.25) is 11.8 Å². The van der Waals surface area contributed by atoms with Crippen molar-refractivity contribution in [3.8, 4) is 5.75 Å². The number of rotatable bonds is 5. The van der Waals surface area contributed by atoms with Gasteiger partial charge in [-0.05, 0) is 74.2 Å². The second kappa shape index (κ2) is 7.87. The van der Waals surface area contributed by atoms with Crippen LogP contribution in [-0.2, 0) is 19.6 Å². The summed E-state index contributed by atoms with van der Waals surface area (Å²) < 4.78 is 32.2. The van der Waals surface area contributed by atoms with Crippen molar-refractivity contribution in [2.24, 2.45) is 0 Å². The zero-order valence-electron chi connectivity index (χ0n) is 16.9. The van der Waals surface area contributed by atoms with E-state index in [2.05, 4.69) is 5.32 Å². The predicted octanol–water partition coefficient (Wildman–Crippen LogP) is 2.94. The van der Waals surface area contributed by atoms with Gasteiger partial charge in [0.1, 0.15) is 11.8 Å². The van der Waals surface area contributed by atoms with E-state index >= 15 is 0 Å². The number of nitrogens with zero attached hydrogens (tertiary/aromatic N) is 1. The predicted molar refractivity (Wildman–Crippen MR) is 109 cm³/mol. The highest BCUT2D eigenvalue weighted by molar-refractivity contribution is 7.89. The van der Waals surface area contributed by atoms with Crippen LogP contribution in [0, 0.1) is 20.8 Å². The number of amides is 2. The number of hydrogen-bond donors (Lipinski definition) is 1. The standard InChI is InChI=1S/C21H24N2O5S/c1-13-9-14(2)11-16(10-13)22-21(25)18-6-8-20(24)23(18)29(26,27)17-5-7-19(28-4)15(3)12-17/h5,7,9-12,18H,6,8H2,1-4H3,(H,22,25)/t18-/m0/s1. The molecule has 0 aromatic heterocycles. The highest BCUT2D eigenvalue weighted by atomic mass is 32.2. The van der Waals surface area contributed by atoms with Crippen LogP contribution in [-0.4, -0.2) is 37.7 Å². The maximum atomic E-state index is 13.2. The Bertz CT molecular complexity index is 1060. The van der Waals surface area contributed by atoms with Crippen LogP contribution in [0.1, 0.15) is 29.5 Å². The first-order chi connectivity index (χ1) is 13.6. The van der Waals surface area contributed by atoms with Gasteiger partial charge >= 0.3 is 0 Å². The summed E-state index contributed by atoms with van der Waals surface area (Å²) in [6, 6.07) is 8.84. The van der Waals surface area contributed by atoms with Crippen molar-refractivity contribution in [3.05, 3.63) is 53.1 Å². The number of carbonyl (C=O) groups is 2. The molecule has 1 saturated heterocycles. The fourth-order valence-corrected chi connectivity index (χ4v) is 5.29. The monoisotopic (exact) mass is 416 g/mol. The molecule has 154 valence electrons. The Morgan fingerprint density at radius 2 is 1.76 bits per heavy atom. The van der Waals surface area contributed by atoms with E-state index in [-0.39, 0.29) is 17.7 Å². The van der Waals surface area contributed by atoms with Crippen molar-refractivity contribution in [2.45, 2.75) is 44.6 Å². The fraction of sp³-hybridized carbons (Fsp3) is 0.333. The van der Waals surface area contributed by atoms with Crippen LogP contribution in [0.25, 0.3) is 0 Å². The van der Waals surface area contributed by atoms with Gasteiger partial charge < -0.3 is 10.1 Å². The summed E-state index contributed by atoms with van der Waals surface area (Å²) in [5, 5.41) is 2.75. The summed E-state index contributed by atoms with van der Waals surface area (Å²) in [5.74, 6) is -0.561. The largest absolute Gasteiger partial charge is 0.496 e. The van der Waals surface area contributed by atoms with Crippen LogP contribution in [0.15, 0.2) is 41.3 Å². The average molecular weight is 416 g/mol. The van der Waals surface area contributed by atoms with Crippen molar-refractivity contribution >= 4 is 27.5 Å². The Hall–Kier alpha value is -2.87. The number of hydrogen-bond acceptors (Lipinski definition) is 5. The summed E-state index contributed by atoms with van der Waals surface area (Å²) in [5.41, 5.74) is 3.14. The van der Waals surface area contributed by atoms with E-state index < -0.39 is 27.9 Å². The van der Waals surface area contributed by atoms with Crippen LogP contribution in [0.4, 0.5) is 5.69 Å². The minimum atomic E-state index is -4.17. The first-order valence-electron chi connectivity index (χ1n) is 9.24. The molecule has 1 N–H and O–H groups in total. The first kappa shape index (κ1) is 20.9. The van der Waals surface area contributed by atoms with Crippen LogP contribution in [0.2, 0.25) is 0 Å². The summed E-state index contributed by atoms with van der Waals surface area (Å²) >= 11 is 0. The number of benzene rings is 2. The van der Waals surface area contributed by atoms with E-state index in [1.165, 1.54) is 25.3 Å². The summed E-state index contributed by atoms with van der Waals surface area (Å²) in [4.78, 5) is 25.2. The maximum Gasteiger partial charge on any atom is 0.267 e. The third kappa shape index (κ3) is 4.12. The first-order valence-corrected chi connectivity index (χ1v) is 10.7. The molecule has 1 atom stereocenters. The van der Waals surface area contributed by atoms with E-state index in [9.17, 15) is 18.0 Å². The zero-order chi connectivity index (χ0) is 21.3. The third-order valence-corrected chi connectivity index (χ3v) is 6.70. The summed E-state index contributed by atoms with van der Waals surface area (Å²) in [6.07, 6.45) is 0.142. The van der Waals surface area contributed by atoms with Gasteiger partial charge in [0.25, 0.3) is 10.0 Å². The van der Waals surface area contributed by atoms with Gasteiger partial charge in [-0.2, -0.15) is 0 Å². The molecule has 0 saturated carbocycles. The van der Waals surface area contributed by atoms with E-state index in [0.717, 1.165) is 11.1 Å². The molecule has 2 aromatic carbocycles. The number of anilines is 1. The summed E-state index contributed by atoms with van der Waals surface area (Å²) in [7, 11) is -2.68. The highest BCUT2D eigenvalue weighted by Crippen LogP contribution is 2.30. The molecule has 8 heteroatoms. The van der Waals surface area contributed by atoms with E-state index in [1.807, 2.05) is 19.9 Å². The molecule has 7 nitrogen and oxygen atoms in total. The van der Waals surface area contributed by atoms with E-state index in [4.69, 9.17) is 4.74 Å². The smallest absolute Gasteiger partial charge is 0.267 e. The molecule has 2 amide bonds. The molecule has 0 spiro atoms. The Labute approximate surface area is 170 Å². The molecule has 1 aliphatic heterocycles. The molecule has 1 fully saturated rings. The Morgan fingerprint density at radius 1 is 1.10 bits per heavy atom. The topological polar surface area (TPSA) is 92.8 Å². The number of nitrogens with one attached hydrogen (secondary N) is 1. The van der Waals surface area contributed by atoms with Crippen molar-refractivity contribution < 1.29 is 22.7 Å². The van der Waals surface area contributed by atoms with Gasteiger partial charge in [-0.3, -0.25) is 9.59 Å². The van der Waals surface area contributed by atoms with Crippen molar-refractivity contribution in [1.82, 2.24) is 4.31 Å². The molecule has 3 rings (SSSR count). The van der Waals surface area contributed by atoms with Crippen molar-refractivity contribution in [2.75, 3.05) is 12.4 Å². The summed E-state index contributed by atoms with van der Waals surface area (Å²) in [6.45, 7) is 5.53. The van der Waals surface area contributed by atoms with Crippen LogP contribution < -0.4 is 10.1 Å². The molecule has 1 aliphatic rings. The molecular formula is C21H24N2O5S. The lowest BCUT2D eigenvalue weighted by atomic mass is 10.1. The minimum absolute atomic E-state index is 0.000696. The van der Waals surface area contributed by atoms with E-state index in [0.29, 0.717) is 21.3 Å². The van der Waals surface area contributed by atoms with Gasteiger partial charge in [-0.25, -0.2) is 12.7 Å². The van der Waals surface area contributed by atoms with Gasteiger partial charge in [-0.1, -0.05) is 6.07 Å². The number of aryl methyl sites for hydroxylation is 3. The third-order valence-electron chi connectivity index (χ3n) is 4.88. The molecule has 29 heavy (non-hydrogen) atoms. The Morgan fingerprint density at radius 3 is 2.34 bits per heavy atom. The Balaban J connectivity index is 1.91. The Kier molecular flexibility index (Phi) is 5.66. The number of methoxy groups -OCH3 is 1. The van der Waals surface area contributed by atoms with Crippen molar-refractivity contribution in [3.63, 3.8) is 0 Å². The number of sulfonamides is 1. The fourth-order valence-electron chi connectivity index (χ4n) is 3.60. The quantitative estimate of drug-likeness (QED) is 0.809. The highest BCUT2D eigenvalue weighted by Gasteiger charge is 2.44. The van der Waals surface area contributed by atoms with E-state index in [1.54, 1.807) is 19.1 Å². The molecule has 0 bridgehead atoms. The van der Waals surface area contributed by atoms with Crippen molar-refractivity contribution in [1.29, 1.82) is 0 Å². The lowest BCUT2D eigenvalue weighted by Crippen LogP contribution is -2.45. The second-order valence-electron chi connectivity index (χ2n) is 7.25. The van der Waals surface area contributed by atoms with Crippen LogP contribution in [0.5, 0.6) is 5.75 Å². The van der Waals surface area contributed by atoms with Crippen LogP contribution in [0.3, 0.4) is 0 Å². The zero-order valence-corrected chi connectivity index (χ0v) is 17.7. The molecule has 1 heterocycles. The van der Waals surface area contributed by atoms with Gasteiger partial charge in [0.15, 0.2) is 0 Å². The second-order valence-corrected chi connectivity index (χ2v) is 9.06.